The zero-order chi connectivity index (χ0) is 18.0. The van der Waals surface area contributed by atoms with Gasteiger partial charge in [-0.1, -0.05) is 15.9 Å². The number of hydrogen-bond donors (Lipinski definition) is 1. The first kappa shape index (κ1) is 18.1. The number of hydrogen-bond acceptors (Lipinski definition) is 4. The highest BCUT2D eigenvalue weighted by molar-refractivity contribution is 9.10. The van der Waals surface area contributed by atoms with Crippen LogP contribution >= 0.6 is 15.9 Å². The number of benzene rings is 2. The second-order valence-electron chi connectivity index (χ2n) is 6.10. The Labute approximate surface area is 157 Å². The molecule has 0 spiro atoms. The minimum absolute atomic E-state index is 0.102. The predicted molar refractivity (Wildman–Crippen MR) is 104 cm³/mol. The van der Waals surface area contributed by atoms with Crippen molar-refractivity contribution in [1.29, 1.82) is 0 Å². The van der Waals surface area contributed by atoms with Crippen molar-refractivity contribution in [3.05, 3.63) is 46.4 Å². The summed E-state index contributed by atoms with van der Waals surface area (Å²) in [5.74, 6) is 0.307. The molecule has 1 heterocycles. The quantitative estimate of drug-likeness (QED) is 0.782. The highest BCUT2D eigenvalue weighted by Crippen LogP contribution is 2.31. The number of rotatable bonds is 5. The molecule has 2 aromatic rings. The zero-order valence-corrected chi connectivity index (χ0v) is 16.7. The maximum Gasteiger partial charge on any atom is 0.265 e. The first-order valence-corrected chi connectivity index (χ1v) is 10.4. The van der Waals surface area contributed by atoms with Gasteiger partial charge in [0.25, 0.3) is 10.0 Å². The van der Waals surface area contributed by atoms with E-state index in [0.29, 0.717) is 15.9 Å². The van der Waals surface area contributed by atoms with Crippen LogP contribution in [0.1, 0.15) is 18.4 Å². The third kappa shape index (κ3) is 3.93. The fraction of sp³-hybridized carbons (Fsp3) is 0.333. The van der Waals surface area contributed by atoms with Crippen LogP contribution in [0.15, 0.2) is 45.8 Å². The van der Waals surface area contributed by atoms with Gasteiger partial charge in [0.15, 0.2) is 0 Å². The molecule has 1 fully saturated rings. The van der Waals surface area contributed by atoms with E-state index in [9.17, 15) is 8.42 Å². The van der Waals surface area contributed by atoms with E-state index in [2.05, 4.69) is 25.6 Å². The lowest BCUT2D eigenvalue weighted by atomic mass is 10.1. The van der Waals surface area contributed by atoms with Gasteiger partial charge >= 0.3 is 0 Å². The fourth-order valence-electron chi connectivity index (χ4n) is 3.10. The van der Waals surface area contributed by atoms with Crippen LogP contribution in [-0.4, -0.2) is 28.6 Å². The number of nitrogens with zero attached hydrogens (tertiary/aromatic N) is 1. The van der Waals surface area contributed by atoms with Gasteiger partial charge in [-0.15, -0.1) is 0 Å². The molecule has 134 valence electrons. The van der Waals surface area contributed by atoms with E-state index in [4.69, 9.17) is 4.74 Å². The van der Waals surface area contributed by atoms with Gasteiger partial charge < -0.3 is 9.64 Å². The Hall–Kier alpha value is -1.73. The number of aryl methyl sites for hydroxylation is 1. The molecule has 25 heavy (non-hydrogen) atoms. The number of halogens is 1. The molecule has 0 amide bonds. The molecular formula is C18H21BrN2O3S. The zero-order valence-electron chi connectivity index (χ0n) is 14.3. The number of anilines is 2. The van der Waals surface area contributed by atoms with Crippen molar-refractivity contribution in [2.24, 2.45) is 0 Å². The highest BCUT2D eigenvalue weighted by atomic mass is 79.9. The number of sulfonamides is 1. The van der Waals surface area contributed by atoms with Crippen LogP contribution in [0.5, 0.6) is 5.75 Å². The number of methoxy groups -OCH3 is 1. The first-order valence-electron chi connectivity index (χ1n) is 8.13. The van der Waals surface area contributed by atoms with E-state index >= 15 is 0 Å². The molecule has 1 saturated heterocycles. The molecule has 0 aliphatic carbocycles. The summed E-state index contributed by atoms with van der Waals surface area (Å²) in [6.07, 6.45) is 2.41. The largest absolute Gasteiger partial charge is 0.495 e. The van der Waals surface area contributed by atoms with Crippen LogP contribution in [0.25, 0.3) is 0 Å². The summed E-state index contributed by atoms with van der Waals surface area (Å²) in [6, 6.07) is 10.6. The lowest BCUT2D eigenvalue weighted by Crippen LogP contribution is -2.19. The molecule has 1 aliphatic heterocycles. The van der Waals surface area contributed by atoms with E-state index in [0.717, 1.165) is 18.7 Å². The van der Waals surface area contributed by atoms with Gasteiger partial charge in [0.2, 0.25) is 0 Å². The van der Waals surface area contributed by atoms with E-state index in [1.807, 2.05) is 25.1 Å². The minimum Gasteiger partial charge on any atom is -0.495 e. The Kier molecular flexibility index (Phi) is 5.24. The molecule has 2 aromatic carbocycles. The monoisotopic (exact) mass is 424 g/mol. The topological polar surface area (TPSA) is 58.6 Å². The van der Waals surface area contributed by atoms with Crippen molar-refractivity contribution >= 4 is 37.3 Å². The van der Waals surface area contributed by atoms with Gasteiger partial charge in [-0.05, 0) is 61.7 Å². The maximum absolute atomic E-state index is 12.8. The maximum atomic E-state index is 12.8. The Bertz CT molecular complexity index is 878. The molecule has 3 rings (SSSR count). The second kappa shape index (κ2) is 7.25. The molecule has 0 bridgehead atoms. The average Bonchev–Trinajstić information content (AvgIpc) is 3.09. The van der Waals surface area contributed by atoms with Crippen LogP contribution in [0.4, 0.5) is 11.4 Å². The Morgan fingerprint density at radius 2 is 1.84 bits per heavy atom. The Morgan fingerprint density at radius 3 is 2.48 bits per heavy atom. The van der Waals surface area contributed by atoms with Crippen molar-refractivity contribution in [3.8, 4) is 5.75 Å². The summed E-state index contributed by atoms with van der Waals surface area (Å²) in [6.45, 7) is 4.12. The van der Waals surface area contributed by atoms with Crippen LogP contribution in [0.2, 0.25) is 0 Å². The molecule has 0 unspecified atom stereocenters. The third-order valence-electron chi connectivity index (χ3n) is 4.31. The van der Waals surface area contributed by atoms with Gasteiger partial charge in [-0.25, -0.2) is 8.42 Å². The SMILES string of the molecule is COc1ccc(Br)cc1S(=O)(=O)Nc1ccc(N2CCCC2)c(C)c1. The predicted octanol–water partition coefficient (Wildman–Crippen LogP) is 4.17. The third-order valence-corrected chi connectivity index (χ3v) is 6.21. The lowest BCUT2D eigenvalue weighted by Gasteiger charge is -2.21. The van der Waals surface area contributed by atoms with Gasteiger partial charge in [0, 0.05) is 28.9 Å². The fourth-order valence-corrected chi connectivity index (χ4v) is 4.86. The first-order chi connectivity index (χ1) is 11.9. The van der Waals surface area contributed by atoms with E-state index < -0.39 is 10.0 Å². The van der Waals surface area contributed by atoms with E-state index in [-0.39, 0.29) is 4.90 Å². The molecular weight excluding hydrogens is 404 g/mol. The molecule has 0 saturated carbocycles. The number of nitrogens with one attached hydrogen (secondary N) is 1. The van der Waals surface area contributed by atoms with E-state index in [1.165, 1.54) is 31.7 Å². The average molecular weight is 425 g/mol. The molecule has 1 aliphatic rings. The van der Waals surface area contributed by atoms with Crippen LogP contribution in [0.3, 0.4) is 0 Å². The lowest BCUT2D eigenvalue weighted by molar-refractivity contribution is 0.403. The Balaban J connectivity index is 1.88. The van der Waals surface area contributed by atoms with Crippen molar-refractivity contribution < 1.29 is 13.2 Å². The molecule has 0 aromatic heterocycles. The molecule has 0 radical (unpaired) electrons. The summed E-state index contributed by atoms with van der Waals surface area (Å²) < 4.78 is 34.0. The summed E-state index contributed by atoms with van der Waals surface area (Å²) >= 11 is 3.31. The van der Waals surface area contributed by atoms with E-state index in [1.54, 1.807) is 12.1 Å². The standard InChI is InChI=1S/C18H21BrN2O3S/c1-13-11-15(6-7-16(13)21-9-3-4-10-21)20-25(22,23)18-12-14(19)5-8-17(18)24-2/h5-8,11-12,20H,3-4,9-10H2,1-2H3. The van der Waals surface area contributed by atoms with Crippen molar-refractivity contribution in [2.45, 2.75) is 24.7 Å². The highest BCUT2D eigenvalue weighted by Gasteiger charge is 2.21. The van der Waals surface area contributed by atoms with Gasteiger partial charge in [0.05, 0.1) is 7.11 Å². The smallest absolute Gasteiger partial charge is 0.265 e. The summed E-state index contributed by atoms with van der Waals surface area (Å²) in [5.41, 5.74) is 2.77. The van der Waals surface area contributed by atoms with Crippen LogP contribution in [-0.2, 0) is 10.0 Å². The summed E-state index contributed by atoms with van der Waals surface area (Å²) in [5, 5.41) is 0. The summed E-state index contributed by atoms with van der Waals surface area (Å²) in [4.78, 5) is 2.44. The van der Waals surface area contributed by atoms with Crippen LogP contribution < -0.4 is 14.4 Å². The second-order valence-corrected chi connectivity index (χ2v) is 8.66. The Morgan fingerprint density at radius 1 is 1.12 bits per heavy atom. The summed E-state index contributed by atoms with van der Waals surface area (Å²) in [7, 11) is -2.29. The molecule has 7 heteroatoms. The number of ether oxygens (including phenoxy) is 1. The van der Waals surface area contributed by atoms with Crippen molar-refractivity contribution in [1.82, 2.24) is 0 Å². The van der Waals surface area contributed by atoms with Crippen molar-refractivity contribution in [2.75, 3.05) is 29.8 Å². The normalized spacial score (nSPS) is 14.6. The molecule has 1 N–H and O–H groups in total. The minimum atomic E-state index is -3.75. The van der Waals surface area contributed by atoms with Crippen molar-refractivity contribution in [3.63, 3.8) is 0 Å². The van der Waals surface area contributed by atoms with Gasteiger partial charge in [-0.3, -0.25) is 4.72 Å². The van der Waals surface area contributed by atoms with Crippen LogP contribution in [0, 0.1) is 6.92 Å². The van der Waals surface area contributed by atoms with Gasteiger partial charge in [0.1, 0.15) is 10.6 Å². The molecule has 5 nitrogen and oxygen atoms in total. The molecule has 0 atom stereocenters. The van der Waals surface area contributed by atoms with Gasteiger partial charge in [-0.2, -0.15) is 0 Å².